The van der Waals surface area contributed by atoms with Gasteiger partial charge < -0.3 is 82.0 Å². The third kappa shape index (κ3) is 37.8. The summed E-state index contributed by atoms with van der Waals surface area (Å²) < 4.78 is 123. The van der Waals surface area contributed by atoms with E-state index in [1.165, 1.54) is 24.4 Å². The van der Waals surface area contributed by atoms with Gasteiger partial charge in [-0.05, 0) is 95.0 Å². The first-order chi connectivity index (χ1) is 59.7. The molecule has 1 aliphatic carbocycles. The fraction of sp³-hybridized carbons (Fsp3) is 0.671. The van der Waals surface area contributed by atoms with Crippen LogP contribution in [-0.4, -0.2) is 257 Å². The van der Waals surface area contributed by atoms with E-state index in [4.69, 9.17) is 34.4 Å². The van der Waals surface area contributed by atoms with Crippen molar-refractivity contribution in [3.05, 3.63) is 63.4 Å². The molecule has 36 nitrogen and oxygen atoms in total. The quantitative estimate of drug-likeness (QED) is 0.00486. The molecule has 0 bridgehead atoms. The molecule has 1 saturated heterocycles. The van der Waals surface area contributed by atoms with Crippen molar-refractivity contribution in [2.24, 2.45) is 29.4 Å². The number of rotatable bonds is 58. The number of carboxylic acid groups (broad SMARTS) is 2. The summed E-state index contributed by atoms with van der Waals surface area (Å²) in [5.74, 6) is -17.6. The molecule has 2 aliphatic rings. The first kappa shape index (κ1) is 108. The number of aromatic hydroxyl groups is 1. The van der Waals surface area contributed by atoms with Gasteiger partial charge in [-0.25, -0.2) is 35.6 Å². The predicted molar refractivity (Wildman–Crippen MR) is 467 cm³/mol. The summed E-state index contributed by atoms with van der Waals surface area (Å²) in [5, 5.41) is 50.0. The van der Waals surface area contributed by atoms with Crippen LogP contribution in [0.2, 0.25) is 0 Å². The summed E-state index contributed by atoms with van der Waals surface area (Å²) in [6.07, 6.45) is 4.90. The number of likely N-dealkylation sites (N-methyl/N-ethyl adjacent to an activating group) is 1. The number of esters is 2. The van der Waals surface area contributed by atoms with Gasteiger partial charge in [-0.3, -0.25) is 71.8 Å². The Morgan fingerprint density at radius 2 is 1.43 bits per heavy atom. The highest BCUT2D eigenvalue weighted by atomic mass is 33.1. The van der Waals surface area contributed by atoms with Crippen molar-refractivity contribution in [2.75, 3.05) is 100 Å². The molecular weight excluding hydrogens is 1750 g/mol. The molecule has 0 radical (unpaired) electrons. The molecule has 14 N–H and O–H groups in total. The highest BCUT2D eigenvalue weighted by molar-refractivity contribution is 8.76. The second kappa shape index (κ2) is 56.2. The molecule has 126 heavy (non-hydrogen) atoms. The minimum atomic E-state index is -4.91. The lowest BCUT2D eigenvalue weighted by atomic mass is 9.88. The van der Waals surface area contributed by atoms with Gasteiger partial charge in [0.15, 0.2) is 45.0 Å². The number of ether oxygens (including phenoxy) is 5. The molecule has 1 aromatic heterocycles. The summed E-state index contributed by atoms with van der Waals surface area (Å²) >= 11 is -1.95. The molecule has 44 heteroatoms. The SMILES string of the molecule is CCCC(=O)OCN(C(C)[C@@H](NC(=O)C1CCCCN1C)[C@@H](C)CC)[C@H](C[C@@H](OC(C)=O)c1nc(C(=O)N[C@@H](Cc2ccc(O)cc2)C[C@H](C)C(=O)CNC(=O)OCCSSC[C@H](CC(=O)[C@H](CC(=O)O)NC(=O)[C@@H](N)CNC(=O)CCOCCOCCNC(=O)CCS(=O)(=O)c2c(F)c(F)c(NS(=O)O)c(F)c2NC2CCCCCCC2)C(=O)O)cs1)C(C)C. The standard InChI is InChI=1S/C82H125F3N12O24S5/c1-10-19-69(106)120-47-97(51(7)73(49(5)11-2)94-79(109)61-22-17-18-30-96(61)9)62(48(3)4)42-65(121-52(8)98)80-93-60(46-122-80)78(108)91-56(39-53-23-25-57(99)26-24-53)38-50(6)64(101)44-89-82(112)119-35-36-123-124-45-54(81(110)111)40-63(100)59(41-68(104)105)92-77(107)58(86)43-88-66(102)27-31-117-33-34-118-32-29-87-67(103)28-37-126(115,116)76-71(84)70(83)74(95-125(113)114)72(85)75(76)90-55-20-15-13-12-14-16-21-55/h23-26,46,48-51,54-56,58-59,61-62,65,73,90,95,99H,10-22,27-45,47,86H2,1-9H3,(H,87,103)(H,88,102)(H,89,112)(H,91,108)(H,92,107)(H,94,109)(H,104,105)(H,110,111)(H,113,114)/t49-,50-,51?,54-,56+,58-,59-,61?,62+,65+,73-/m0/s1. The number of sulfone groups is 1. The monoisotopic (exact) mass is 1880 g/mol. The number of Topliss-reactive ketones (excluding diaryl/α,β-unsaturated/α-hetero) is 2. The van der Waals surface area contributed by atoms with E-state index in [2.05, 4.69) is 49.0 Å². The van der Waals surface area contributed by atoms with Crippen molar-refractivity contribution >= 4 is 136 Å². The van der Waals surface area contributed by atoms with Crippen LogP contribution in [0, 0.1) is 41.1 Å². The average molecular weight is 1880 g/mol. The van der Waals surface area contributed by atoms with Gasteiger partial charge in [0.05, 0.1) is 68.8 Å². The zero-order valence-corrected chi connectivity index (χ0v) is 76.9. The molecule has 708 valence electrons. The smallest absolute Gasteiger partial charge is 0.407 e. The molecule has 2 heterocycles. The molecular formula is C82H125F3N12O24S5. The lowest BCUT2D eigenvalue weighted by molar-refractivity contribution is -0.155. The van der Waals surface area contributed by atoms with Gasteiger partial charge in [0, 0.05) is 105 Å². The van der Waals surface area contributed by atoms with Crippen LogP contribution in [-0.2, 0) is 99.2 Å². The number of halogens is 3. The zero-order chi connectivity index (χ0) is 93.3. The minimum Gasteiger partial charge on any atom is -0.508 e. The van der Waals surface area contributed by atoms with Crippen LogP contribution in [0.5, 0.6) is 5.75 Å². The van der Waals surface area contributed by atoms with Crippen LogP contribution in [0.3, 0.4) is 0 Å². The Morgan fingerprint density at radius 1 is 0.762 bits per heavy atom. The fourth-order valence-corrected chi connectivity index (χ4v) is 19.1. The Hall–Kier alpha value is -8.34. The lowest BCUT2D eigenvalue weighted by Crippen LogP contribution is -2.60. The molecule has 6 amide bonds. The van der Waals surface area contributed by atoms with Crippen LogP contribution in [0.15, 0.2) is 34.5 Å². The van der Waals surface area contributed by atoms with Crippen molar-refractivity contribution in [1.82, 2.24) is 46.7 Å². The average Bonchev–Trinajstić information content (AvgIpc) is 0.863. The maximum Gasteiger partial charge on any atom is 0.407 e. The third-order valence-corrected chi connectivity index (χ3v) is 27.1. The highest BCUT2D eigenvalue weighted by Gasteiger charge is 2.41. The van der Waals surface area contributed by atoms with Crippen LogP contribution >= 0.6 is 32.9 Å². The number of ketones is 2. The molecule has 0 spiro atoms. The number of carbonyl (C=O) groups excluding carboxylic acids is 10. The molecule has 5 rings (SSSR count). The highest BCUT2D eigenvalue weighted by Crippen LogP contribution is 2.39. The number of thiazole rings is 1. The van der Waals surface area contributed by atoms with E-state index >= 15 is 13.2 Å². The Labute approximate surface area is 747 Å². The largest absolute Gasteiger partial charge is 0.508 e. The van der Waals surface area contributed by atoms with E-state index < -0.39 is 212 Å². The number of aromatic nitrogens is 1. The first-order valence-corrected chi connectivity index (χ1v) is 48.5. The molecule has 2 aromatic carbocycles. The van der Waals surface area contributed by atoms with E-state index in [-0.39, 0.29) is 131 Å². The normalized spacial score (nSPS) is 16.7. The van der Waals surface area contributed by atoms with E-state index in [1.54, 1.807) is 23.8 Å². The number of phenols is 1. The Balaban J connectivity index is 1.03. The van der Waals surface area contributed by atoms with Crippen LogP contribution in [0.1, 0.15) is 205 Å². The van der Waals surface area contributed by atoms with Crippen molar-refractivity contribution in [2.45, 2.75) is 243 Å². The summed E-state index contributed by atoms with van der Waals surface area (Å²) in [7, 11) is -0.886. The summed E-state index contributed by atoms with van der Waals surface area (Å²) in [6.45, 7) is 13.9. The van der Waals surface area contributed by atoms with Gasteiger partial charge in [0.25, 0.3) is 17.2 Å². The number of phenolic OH excluding ortho intramolecular Hbond substituents is 1. The van der Waals surface area contributed by atoms with Crippen molar-refractivity contribution in [3.63, 3.8) is 0 Å². The van der Waals surface area contributed by atoms with E-state index in [9.17, 15) is 90.0 Å². The van der Waals surface area contributed by atoms with Gasteiger partial charge in [-0.15, -0.1) is 11.3 Å². The summed E-state index contributed by atoms with van der Waals surface area (Å²) in [5.41, 5.74) is 4.38. The Morgan fingerprint density at radius 3 is 2.06 bits per heavy atom. The number of hydrogen-bond acceptors (Lipinski definition) is 29. The third-order valence-electron chi connectivity index (χ3n) is 21.6. The first-order valence-electron chi connectivity index (χ1n) is 42.4. The number of carboxylic acids is 2. The van der Waals surface area contributed by atoms with Crippen molar-refractivity contribution < 1.29 is 127 Å². The van der Waals surface area contributed by atoms with Gasteiger partial charge in [0.2, 0.25) is 23.6 Å². The maximum atomic E-state index is 15.8. The number of alkyl carbamates (subject to hydrolysis) is 1. The number of amides is 6. The number of hydrogen-bond donors (Lipinski definition) is 13. The van der Waals surface area contributed by atoms with Crippen molar-refractivity contribution in [1.29, 1.82) is 0 Å². The topological polar surface area (TPSA) is 525 Å². The van der Waals surface area contributed by atoms with Gasteiger partial charge >= 0.3 is 30.0 Å². The van der Waals surface area contributed by atoms with Crippen LogP contribution < -0.4 is 47.7 Å². The molecule has 1 saturated carbocycles. The minimum absolute atomic E-state index is 0.00194. The number of aliphatic carboxylic acids is 2. The zero-order valence-electron chi connectivity index (χ0n) is 72.8. The summed E-state index contributed by atoms with van der Waals surface area (Å²) in [4.78, 5) is 164. The number of nitrogens with zero attached hydrogens (tertiary/aromatic N) is 3. The molecule has 12 atom stereocenters. The number of nitrogens with two attached hydrogens (primary N) is 1. The fourth-order valence-electron chi connectivity index (χ4n) is 14.3. The number of carbonyl (C=O) groups is 12. The van der Waals surface area contributed by atoms with Crippen LogP contribution in [0.25, 0.3) is 0 Å². The molecule has 3 aromatic rings. The Kier molecular flexibility index (Phi) is 48.2. The number of likely N-dealkylation sites (tertiary alicyclic amines) is 1. The van der Waals surface area contributed by atoms with Gasteiger partial charge in [-0.2, -0.15) is 0 Å². The lowest BCUT2D eigenvalue weighted by Gasteiger charge is -2.44. The Bertz CT molecular complexity index is 4210. The molecule has 2 fully saturated rings. The van der Waals surface area contributed by atoms with Crippen molar-refractivity contribution in [3.8, 4) is 5.75 Å². The number of anilines is 2. The van der Waals surface area contributed by atoms with E-state index in [1.807, 2.05) is 46.6 Å². The van der Waals surface area contributed by atoms with Crippen LogP contribution in [0.4, 0.5) is 29.3 Å². The number of piperidine rings is 1. The molecule has 3 unspecified atom stereocenters. The van der Waals surface area contributed by atoms with Gasteiger partial charge in [-0.1, -0.05) is 120 Å². The summed E-state index contributed by atoms with van der Waals surface area (Å²) in [6, 6.07) is 0.281. The second-order valence-corrected chi connectivity index (χ2v) is 38.0. The van der Waals surface area contributed by atoms with E-state index in [0.29, 0.717) is 42.7 Å². The second-order valence-electron chi connectivity index (χ2n) is 31.7. The van der Waals surface area contributed by atoms with E-state index in [0.717, 1.165) is 84.4 Å². The number of benzene rings is 2. The number of nitrogens with one attached hydrogen (secondary N) is 8. The predicted octanol–water partition coefficient (Wildman–Crippen LogP) is 7.88. The van der Waals surface area contributed by atoms with Gasteiger partial charge in [0.1, 0.15) is 46.4 Å². The maximum absolute atomic E-state index is 15.8. The molecule has 1 aliphatic heterocycles.